The average molecular weight is 241 g/mol. The maximum atomic E-state index is 3.49. The van der Waals surface area contributed by atoms with Crippen molar-refractivity contribution in [3.8, 4) is 0 Å². The number of para-hydroxylation sites is 2. The van der Waals surface area contributed by atoms with E-state index in [1.165, 1.54) is 24.3 Å². The Hall–Kier alpha value is -0.890. The second-order valence-corrected chi connectivity index (χ2v) is 4.64. The largest absolute Gasteiger partial charge is 0.383 e. The first kappa shape index (κ1) is 13.2. The summed E-state index contributed by atoms with van der Waals surface area (Å²) in [5, 5.41) is 3.49. The number of anilines is 2. The Morgan fingerprint density at radius 2 is 2.06 bits per heavy atom. The first-order valence-electron chi connectivity index (χ1n) is 5.85. The zero-order valence-electron chi connectivity index (χ0n) is 10.1. The fraction of sp³-hybridized carbons (Fsp3) is 0.538. The molecular weight excluding hydrogens is 220 g/mol. The van der Waals surface area contributed by atoms with Gasteiger partial charge in [0.05, 0.1) is 11.4 Å². The van der Waals surface area contributed by atoms with Gasteiger partial charge in [0.1, 0.15) is 0 Å². The van der Waals surface area contributed by atoms with Crippen LogP contribution in [0, 0.1) is 5.92 Å². The van der Waals surface area contributed by atoms with Crippen molar-refractivity contribution in [1.29, 1.82) is 0 Å². The molecule has 0 bridgehead atoms. The van der Waals surface area contributed by atoms with Gasteiger partial charge in [0.25, 0.3) is 0 Å². The molecule has 0 radical (unpaired) electrons. The summed E-state index contributed by atoms with van der Waals surface area (Å²) in [6, 6.07) is 8.62. The molecule has 1 N–H and O–H groups in total. The number of nitrogens with zero attached hydrogens (tertiary/aromatic N) is 1. The van der Waals surface area contributed by atoms with Gasteiger partial charge in [0.15, 0.2) is 0 Å². The number of nitrogens with one attached hydrogen (secondary N) is 1. The highest BCUT2D eigenvalue weighted by Crippen LogP contribution is 2.28. The van der Waals surface area contributed by atoms with Crippen LogP contribution in [-0.4, -0.2) is 19.6 Å². The van der Waals surface area contributed by atoms with E-state index in [0.717, 1.165) is 19.0 Å². The lowest BCUT2D eigenvalue weighted by molar-refractivity contribution is 0.607. The van der Waals surface area contributed by atoms with Gasteiger partial charge in [-0.05, 0) is 24.5 Å². The predicted octanol–water partition coefficient (Wildman–Crippen LogP) is 3.39. The maximum Gasteiger partial charge on any atom is 0.0602 e. The van der Waals surface area contributed by atoms with E-state index in [-0.39, 0.29) is 12.4 Å². The fourth-order valence-corrected chi connectivity index (χ4v) is 2.14. The highest BCUT2D eigenvalue weighted by molar-refractivity contribution is 5.85. The Balaban J connectivity index is 0.00000128. The third-order valence-electron chi connectivity index (χ3n) is 2.75. The Morgan fingerprint density at radius 1 is 1.31 bits per heavy atom. The van der Waals surface area contributed by atoms with Crippen molar-refractivity contribution in [2.75, 3.05) is 29.9 Å². The van der Waals surface area contributed by atoms with Gasteiger partial charge in [-0.25, -0.2) is 0 Å². The van der Waals surface area contributed by atoms with Gasteiger partial charge in [-0.2, -0.15) is 0 Å². The van der Waals surface area contributed by atoms with E-state index in [1.54, 1.807) is 0 Å². The second-order valence-electron chi connectivity index (χ2n) is 4.64. The minimum Gasteiger partial charge on any atom is -0.383 e. The lowest BCUT2D eigenvalue weighted by Crippen LogP contribution is -2.28. The summed E-state index contributed by atoms with van der Waals surface area (Å²) in [7, 11) is 0. The van der Waals surface area contributed by atoms with E-state index in [4.69, 9.17) is 0 Å². The van der Waals surface area contributed by atoms with Crippen LogP contribution < -0.4 is 10.2 Å². The molecule has 0 amide bonds. The van der Waals surface area contributed by atoms with Crippen LogP contribution in [0.3, 0.4) is 0 Å². The topological polar surface area (TPSA) is 15.3 Å². The highest BCUT2D eigenvalue weighted by Gasteiger charge is 2.14. The fourth-order valence-electron chi connectivity index (χ4n) is 2.14. The van der Waals surface area contributed by atoms with Crippen LogP contribution in [0.25, 0.3) is 0 Å². The lowest BCUT2D eigenvalue weighted by Gasteiger charge is -2.26. The molecule has 16 heavy (non-hydrogen) atoms. The zero-order chi connectivity index (χ0) is 10.7. The summed E-state index contributed by atoms with van der Waals surface area (Å²) in [6.07, 6.45) is 1.22. The molecule has 0 unspecified atom stereocenters. The quantitative estimate of drug-likeness (QED) is 0.853. The van der Waals surface area contributed by atoms with Gasteiger partial charge in [0, 0.05) is 19.6 Å². The molecule has 0 atom stereocenters. The zero-order valence-corrected chi connectivity index (χ0v) is 10.9. The van der Waals surface area contributed by atoms with Gasteiger partial charge < -0.3 is 10.2 Å². The molecule has 3 heteroatoms. The minimum atomic E-state index is 0. The van der Waals surface area contributed by atoms with Gasteiger partial charge in [-0.1, -0.05) is 26.0 Å². The summed E-state index contributed by atoms with van der Waals surface area (Å²) in [4.78, 5) is 2.50. The van der Waals surface area contributed by atoms with Crippen molar-refractivity contribution in [1.82, 2.24) is 0 Å². The first-order valence-corrected chi connectivity index (χ1v) is 5.85. The van der Waals surface area contributed by atoms with E-state index in [9.17, 15) is 0 Å². The molecule has 0 spiro atoms. The number of hydrogen-bond acceptors (Lipinski definition) is 2. The summed E-state index contributed by atoms with van der Waals surface area (Å²) in [5.74, 6) is 0.719. The van der Waals surface area contributed by atoms with Crippen LogP contribution in [0.5, 0.6) is 0 Å². The lowest BCUT2D eigenvalue weighted by atomic mass is 10.1. The predicted molar refractivity (Wildman–Crippen MR) is 73.8 cm³/mol. The van der Waals surface area contributed by atoms with Crippen LogP contribution in [0.4, 0.5) is 11.4 Å². The molecule has 0 saturated heterocycles. The third kappa shape index (κ3) is 3.05. The van der Waals surface area contributed by atoms with Gasteiger partial charge in [-0.15, -0.1) is 12.4 Å². The Morgan fingerprint density at radius 3 is 2.81 bits per heavy atom. The summed E-state index contributed by atoms with van der Waals surface area (Å²) in [5.41, 5.74) is 2.65. The highest BCUT2D eigenvalue weighted by atomic mass is 35.5. The van der Waals surface area contributed by atoms with E-state index in [1.807, 2.05) is 0 Å². The number of rotatable bonds is 2. The molecule has 1 heterocycles. The van der Waals surface area contributed by atoms with E-state index in [0.29, 0.717) is 0 Å². The van der Waals surface area contributed by atoms with Crippen LogP contribution in [0.1, 0.15) is 20.3 Å². The molecule has 1 aromatic rings. The normalized spacial score (nSPS) is 14.8. The van der Waals surface area contributed by atoms with Crippen molar-refractivity contribution < 1.29 is 0 Å². The Bertz CT molecular complexity index is 325. The third-order valence-corrected chi connectivity index (χ3v) is 2.75. The molecule has 0 aliphatic carbocycles. The smallest absolute Gasteiger partial charge is 0.0602 e. The molecule has 1 aromatic carbocycles. The molecule has 90 valence electrons. The monoisotopic (exact) mass is 240 g/mol. The molecular formula is C13H21ClN2. The summed E-state index contributed by atoms with van der Waals surface area (Å²) in [6.45, 7) is 7.97. The van der Waals surface area contributed by atoms with Crippen LogP contribution in [-0.2, 0) is 0 Å². The van der Waals surface area contributed by atoms with Crippen LogP contribution >= 0.6 is 12.4 Å². The van der Waals surface area contributed by atoms with Crippen molar-refractivity contribution in [2.45, 2.75) is 20.3 Å². The van der Waals surface area contributed by atoms with E-state index >= 15 is 0 Å². The second kappa shape index (κ2) is 6.00. The molecule has 0 fully saturated rings. The van der Waals surface area contributed by atoms with Crippen LogP contribution in [0.2, 0.25) is 0 Å². The maximum absolute atomic E-state index is 3.49. The first-order chi connectivity index (χ1) is 7.27. The molecule has 2 rings (SSSR count). The van der Waals surface area contributed by atoms with Crippen molar-refractivity contribution in [3.63, 3.8) is 0 Å². The van der Waals surface area contributed by atoms with Crippen molar-refractivity contribution in [2.24, 2.45) is 5.92 Å². The van der Waals surface area contributed by atoms with Gasteiger partial charge in [-0.3, -0.25) is 0 Å². The number of fused-ring (bicyclic) bond motifs is 1. The molecule has 2 nitrogen and oxygen atoms in total. The molecule has 0 saturated carbocycles. The Labute approximate surface area is 104 Å². The van der Waals surface area contributed by atoms with E-state index in [2.05, 4.69) is 48.3 Å². The van der Waals surface area contributed by atoms with E-state index < -0.39 is 0 Å². The molecule has 1 aliphatic heterocycles. The minimum absolute atomic E-state index is 0. The van der Waals surface area contributed by atoms with Crippen LogP contribution in [0.15, 0.2) is 24.3 Å². The molecule has 0 aromatic heterocycles. The SMILES string of the molecule is CC(C)CN1CCCNc2ccccc21.Cl. The summed E-state index contributed by atoms with van der Waals surface area (Å²) < 4.78 is 0. The average Bonchev–Trinajstić information content (AvgIpc) is 2.41. The number of benzene rings is 1. The van der Waals surface area contributed by atoms with Gasteiger partial charge in [0.2, 0.25) is 0 Å². The number of hydrogen-bond donors (Lipinski definition) is 1. The molecule has 1 aliphatic rings. The van der Waals surface area contributed by atoms with Crippen molar-refractivity contribution >= 4 is 23.8 Å². The summed E-state index contributed by atoms with van der Waals surface area (Å²) >= 11 is 0. The van der Waals surface area contributed by atoms with Crippen molar-refractivity contribution in [3.05, 3.63) is 24.3 Å². The number of halogens is 1. The Kier molecular flexibility index (Phi) is 4.94. The van der Waals surface area contributed by atoms with Gasteiger partial charge >= 0.3 is 0 Å². The standard InChI is InChI=1S/C13H20N2.ClH/c1-11(2)10-15-9-5-8-14-12-6-3-4-7-13(12)15;/h3-4,6-7,11,14H,5,8-10H2,1-2H3;1H.